The Morgan fingerprint density at radius 3 is 2.50 bits per heavy atom. The fourth-order valence-electron chi connectivity index (χ4n) is 0.0941. The van der Waals surface area contributed by atoms with E-state index in [0.29, 0.717) is 4.73 Å². The van der Waals surface area contributed by atoms with Crippen molar-refractivity contribution >= 4 is 15.1 Å². The molecule has 6 heavy (non-hydrogen) atoms. The molecular weight excluding hydrogens is 135 g/mol. The predicted octanol–water partition coefficient (Wildman–Crippen LogP) is 1.23. The van der Waals surface area contributed by atoms with Gasteiger partial charge in [-0.15, -0.1) is 0 Å². The van der Waals surface area contributed by atoms with Crippen LogP contribution in [0.2, 0.25) is 4.73 Å². The normalized spacial score (nSPS) is 7.67. The SMILES string of the molecule is CC(=O)[CH2][Ti][Cl]. The summed E-state index contributed by atoms with van der Waals surface area (Å²) >= 11 is -0.414. The van der Waals surface area contributed by atoms with Crippen LogP contribution in [0, 0.1) is 0 Å². The third kappa shape index (κ3) is 4.67. The van der Waals surface area contributed by atoms with E-state index in [-0.39, 0.29) is 5.78 Å². The molecule has 0 aromatic carbocycles. The molecule has 0 fully saturated rings. The number of halogens is 1. The summed E-state index contributed by atoms with van der Waals surface area (Å²) in [5, 5.41) is 0. The van der Waals surface area contributed by atoms with Gasteiger partial charge in [-0.05, 0) is 0 Å². The first-order chi connectivity index (χ1) is 2.77. The van der Waals surface area contributed by atoms with E-state index in [2.05, 4.69) is 0 Å². The number of ketones is 1. The standard InChI is InChI=1S/C3H5O.ClH.Ti/c1-3(2)4;;/h1H2,2H3;1H;/q;;+1/p-1. The van der Waals surface area contributed by atoms with Gasteiger partial charge in [-0.25, -0.2) is 0 Å². The van der Waals surface area contributed by atoms with Crippen LogP contribution in [0.4, 0.5) is 0 Å². The van der Waals surface area contributed by atoms with Crippen LogP contribution in [-0.2, 0) is 22.9 Å². The molecule has 0 bridgehead atoms. The van der Waals surface area contributed by atoms with E-state index < -0.39 is 18.1 Å². The van der Waals surface area contributed by atoms with E-state index in [1.165, 1.54) is 0 Å². The van der Waals surface area contributed by atoms with Gasteiger partial charge < -0.3 is 0 Å². The summed E-state index contributed by atoms with van der Waals surface area (Å²) in [4.78, 5) is 9.99. The van der Waals surface area contributed by atoms with Gasteiger partial charge in [0.05, 0.1) is 0 Å². The summed E-state index contributed by atoms with van der Waals surface area (Å²) in [6.45, 7) is 1.56. The van der Waals surface area contributed by atoms with Crippen molar-refractivity contribution in [3.63, 3.8) is 0 Å². The zero-order chi connectivity index (χ0) is 4.99. The van der Waals surface area contributed by atoms with E-state index in [1.807, 2.05) is 0 Å². The molecule has 1 nitrogen and oxygen atoms in total. The first-order valence-electron chi connectivity index (χ1n) is 1.60. The minimum absolute atomic E-state index is 0.213. The molecule has 0 saturated heterocycles. The van der Waals surface area contributed by atoms with Crippen LogP contribution in [0.25, 0.3) is 0 Å². The topological polar surface area (TPSA) is 17.1 Å². The Labute approximate surface area is 49.9 Å². The first-order valence-corrected chi connectivity index (χ1v) is 4.85. The molecule has 34 valence electrons. The molecule has 0 rings (SSSR count). The van der Waals surface area contributed by atoms with Crippen molar-refractivity contribution in [1.82, 2.24) is 0 Å². The van der Waals surface area contributed by atoms with Crippen LogP contribution in [0.15, 0.2) is 0 Å². The molecule has 0 aliphatic heterocycles. The zero-order valence-electron chi connectivity index (χ0n) is 3.49. The van der Waals surface area contributed by atoms with Gasteiger partial charge in [-0.3, -0.25) is 0 Å². The third-order valence-electron chi connectivity index (χ3n) is 0.316. The van der Waals surface area contributed by atoms with Crippen LogP contribution >= 0.6 is 9.30 Å². The van der Waals surface area contributed by atoms with Gasteiger partial charge in [-0.2, -0.15) is 0 Å². The molecule has 0 unspecified atom stereocenters. The van der Waals surface area contributed by atoms with Crippen LogP contribution in [0.1, 0.15) is 6.92 Å². The molecule has 0 radical (unpaired) electrons. The average molecular weight is 140 g/mol. The molecule has 0 heterocycles. The number of hydrogen-bond donors (Lipinski definition) is 0. The van der Waals surface area contributed by atoms with E-state index in [9.17, 15) is 4.79 Å². The van der Waals surface area contributed by atoms with E-state index in [1.54, 1.807) is 6.92 Å². The van der Waals surface area contributed by atoms with E-state index in [0.717, 1.165) is 0 Å². The van der Waals surface area contributed by atoms with Gasteiger partial charge in [0.2, 0.25) is 0 Å². The average Bonchev–Trinajstić information content (AvgIpc) is 1.35. The van der Waals surface area contributed by atoms with Crippen molar-refractivity contribution in [3.8, 4) is 0 Å². The van der Waals surface area contributed by atoms with Gasteiger partial charge in [0.25, 0.3) is 0 Å². The molecule has 3 heteroatoms. The Morgan fingerprint density at radius 1 is 2.00 bits per heavy atom. The summed E-state index contributed by atoms with van der Waals surface area (Å²) in [6.07, 6.45) is 0. The quantitative estimate of drug-likeness (QED) is 0.527. The predicted molar refractivity (Wildman–Crippen MR) is 21.3 cm³/mol. The number of carbonyl (C=O) groups excluding carboxylic acids is 1. The maximum absolute atomic E-state index is 9.99. The molecule has 0 amide bonds. The van der Waals surface area contributed by atoms with Gasteiger partial charge in [0.1, 0.15) is 0 Å². The summed E-state index contributed by atoms with van der Waals surface area (Å²) in [6, 6.07) is 0. The number of hydrogen-bond acceptors (Lipinski definition) is 1. The monoisotopic (exact) mass is 140 g/mol. The molecule has 0 N–H and O–H groups in total. The number of Topliss-reactive ketones (excluding diaryl/α,β-unsaturated/α-hetero) is 1. The summed E-state index contributed by atoms with van der Waals surface area (Å²) in [5.74, 6) is 0.213. The Balaban J connectivity index is 2.83. The maximum atomic E-state index is 9.99. The van der Waals surface area contributed by atoms with Gasteiger partial charge in [0.15, 0.2) is 0 Å². The van der Waals surface area contributed by atoms with Crippen LogP contribution < -0.4 is 0 Å². The van der Waals surface area contributed by atoms with Gasteiger partial charge >= 0.3 is 49.6 Å². The van der Waals surface area contributed by atoms with Crippen molar-refractivity contribution in [2.24, 2.45) is 0 Å². The second-order valence-corrected chi connectivity index (χ2v) is 3.08. The molecule has 0 aromatic heterocycles. The van der Waals surface area contributed by atoms with E-state index in [4.69, 9.17) is 9.30 Å². The molecule has 0 aromatic rings. The summed E-state index contributed by atoms with van der Waals surface area (Å²) in [5.41, 5.74) is 0. The summed E-state index contributed by atoms with van der Waals surface area (Å²) < 4.78 is 0.627. The van der Waals surface area contributed by atoms with Crippen molar-refractivity contribution in [1.29, 1.82) is 0 Å². The third-order valence-corrected chi connectivity index (χ3v) is 1.85. The zero-order valence-corrected chi connectivity index (χ0v) is 5.81. The molecule has 0 saturated carbocycles. The fourth-order valence-corrected chi connectivity index (χ4v) is 1.16. The first kappa shape index (κ1) is 6.67. The molecule has 0 spiro atoms. The Morgan fingerprint density at radius 2 is 2.50 bits per heavy atom. The number of rotatable bonds is 2. The van der Waals surface area contributed by atoms with Crippen molar-refractivity contribution < 1.29 is 22.9 Å². The Hall–Kier alpha value is 0.674. The van der Waals surface area contributed by atoms with Crippen molar-refractivity contribution in [2.45, 2.75) is 11.6 Å². The Bertz CT molecular complexity index is 54.8. The molecular formula is C3H5ClOTi. The molecule has 0 atom stereocenters. The van der Waals surface area contributed by atoms with Crippen LogP contribution in [-0.4, -0.2) is 5.78 Å². The van der Waals surface area contributed by atoms with Crippen molar-refractivity contribution in [3.05, 3.63) is 0 Å². The summed E-state index contributed by atoms with van der Waals surface area (Å²) in [7, 11) is 5.30. The molecule has 0 aliphatic rings. The van der Waals surface area contributed by atoms with Crippen LogP contribution in [0.5, 0.6) is 0 Å². The van der Waals surface area contributed by atoms with Crippen molar-refractivity contribution in [2.75, 3.05) is 0 Å². The number of carbonyl (C=O) groups is 1. The fraction of sp³-hybridized carbons (Fsp3) is 0.667. The second kappa shape index (κ2) is 3.85. The van der Waals surface area contributed by atoms with Gasteiger partial charge in [0, 0.05) is 0 Å². The second-order valence-electron chi connectivity index (χ2n) is 1.01. The van der Waals surface area contributed by atoms with Crippen LogP contribution in [0.3, 0.4) is 0 Å². The van der Waals surface area contributed by atoms with Gasteiger partial charge in [-0.1, -0.05) is 0 Å². The minimum atomic E-state index is -0.414. The van der Waals surface area contributed by atoms with E-state index >= 15 is 0 Å². The molecule has 0 aliphatic carbocycles. The Kier molecular flexibility index (Phi) is 4.28.